The monoisotopic (exact) mass is 444 g/mol. The zero-order chi connectivity index (χ0) is 22.7. The molecule has 1 N–H and O–H groups in total. The van der Waals surface area contributed by atoms with Gasteiger partial charge in [-0.05, 0) is 61.7 Å². The van der Waals surface area contributed by atoms with Crippen molar-refractivity contribution in [2.75, 3.05) is 5.75 Å². The van der Waals surface area contributed by atoms with E-state index in [0.717, 1.165) is 5.56 Å². The maximum atomic E-state index is 13.2. The average molecular weight is 445 g/mol. The molecule has 0 radical (unpaired) electrons. The van der Waals surface area contributed by atoms with E-state index in [9.17, 15) is 9.59 Å². The number of nitrogens with one attached hydrogen (secondary N) is 1. The fraction of sp³-hybridized carbons (Fsp3) is 0.200. The van der Waals surface area contributed by atoms with Crippen molar-refractivity contribution in [1.82, 2.24) is 19.9 Å². The van der Waals surface area contributed by atoms with Crippen molar-refractivity contribution >= 4 is 28.6 Å². The molecule has 0 aliphatic carbocycles. The third kappa shape index (κ3) is 4.57. The van der Waals surface area contributed by atoms with Crippen molar-refractivity contribution < 1.29 is 4.79 Å². The third-order valence-electron chi connectivity index (χ3n) is 5.39. The van der Waals surface area contributed by atoms with Gasteiger partial charge in [0.05, 0.1) is 34.6 Å². The van der Waals surface area contributed by atoms with Crippen LogP contribution in [0.1, 0.15) is 29.7 Å². The molecule has 2 aromatic carbocycles. The van der Waals surface area contributed by atoms with E-state index < -0.39 is 0 Å². The number of aromatic nitrogens is 3. The SMILES string of the molecule is Cc1ccc(C(C)NC(=O)CSc2nc3ccccc3c(=O)n2-c2cccnc2)cc1C. The van der Waals surface area contributed by atoms with Gasteiger partial charge >= 0.3 is 0 Å². The van der Waals surface area contributed by atoms with Crippen LogP contribution in [0.15, 0.2) is 76.9 Å². The van der Waals surface area contributed by atoms with E-state index in [4.69, 9.17) is 0 Å². The van der Waals surface area contributed by atoms with Crippen LogP contribution in [0.5, 0.6) is 0 Å². The Balaban J connectivity index is 1.58. The van der Waals surface area contributed by atoms with E-state index in [1.807, 2.05) is 25.1 Å². The molecule has 0 aliphatic rings. The van der Waals surface area contributed by atoms with Gasteiger partial charge in [-0.3, -0.25) is 19.1 Å². The quantitative estimate of drug-likeness (QED) is 0.353. The number of hydrogen-bond donors (Lipinski definition) is 1. The number of nitrogens with zero attached hydrogens (tertiary/aromatic N) is 3. The predicted octanol–water partition coefficient (Wildman–Crippen LogP) is 4.37. The Morgan fingerprint density at radius 2 is 1.91 bits per heavy atom. The van der Waals surface area contributed by atoms with Crippen LogP contribution in [0.2, 0.25) is 0 Å². The van der Waals surface area contributed by atoms with E-state index in [0.29, 0.717) is 21.7 Å². The summed E-state index contributed by atoms with van der Waals surface area (Å²) in [5.74, 6) is 0.0149. The molecule has 0 fully saturated rings. The molecule has 162 valence electrons. The number of carbonyl (C=O) groups is 1. The Morgan fingerprint density at radius 1 is 1.09 bits per heavy atom. The third-order valence-corrected chi connectivity index (χ3v) is 6.33. The molecule has 1 amide bonds. The maximum absolute atomic E-state index is 13.2. The Kier molecular flexibility index (Phi) is 6.37. The van der Waals surface area contributed by atoms with Crippen LogP contribution in [-0.4, -0.2) is 26.2 Å². The fourth-order valence-electron chi connectivity index (χ4n) is 3.45. The standard InChI is InChI=1S/C25H24N4O2S/c1-16-10-11-19(13-17(16)2)18(3)27-23(30)15-32-25-28-22-9-5-4-8-21(22)24(31)29(25)20-7-6-12-26-14-20/h4-14,18H,15H2,1-3H3,(H,27,30). The zero-order valence-electron chi connectivity index (χ0n) is 18.2. The van der Waals surface area contributed by atoms with Gasteiger partial charge < -0.3 is 5.32 Å². The van der Waals surface area contributed by atoms with Crippen molar-refractivity contribution in [1.29, 1.82) is 0 Å². The van der Waals surface area contributed by atoms with Crippen LogP contribution < -0.4 is 10.9 Å². The number of fused-ring (bicyclic) bond motifs is 1. The minimum Gasteiger partial charge on any atom is -0.349 e. The minimum absolute atomic E-state index is 0.118. The number of thioether (sulfide) groups is 1. The Bertz CT molecular complexity index is 1340. The molecule has 4 rings (SSSR count). The predicted molar refractivity (Wildman–Crippen MR) is 128 cm³/mol. The zero-order valence-corrected chi connectivity index (χ0v) is 19.0. The van der Waals surface area contributed by atoms with Crippen molar-refractivity contribution in [3.05, 3.63) is 94.0 Å². The van der Waals surface area contributed by atoms with Gasteiger partial charge in [0.1, 0.15) is 0 Å². The Labute approximate surface area is 190 Å². The number of aryl methyl sites for hydroxylation is 2. The molecule has 0 spiro atoms. The lowest BCUT2D eigenvalue weighted by atomic mass is 10.0. The van der Waals surface area contributed by atoms with Crippen LogP contribution in [-0.2, 0) is 4.79 Å². The smallest absolute Gasteiger partial charge is 0.266 e. The molecule has 1 unspecified atom stereocenters. The van der Waals surface area contributed by atoms with E-state index in [-0.39, 0.29) is 23.3 Å². The molecule has 2 aromatic heterocycles. The summed E-state index contributed by atoms with van der Waals surface area (Å²) in [6.07, 6.45) is 3.27. The van der Waals surface area contributed by atoms with E-state index >= 15 is 0 Å². The number of benzene rings is 2. The summed E-state index contributed by atoms with van der Waals surface area (Å²) in [7, 11) is 0. The molecular formula is C25H24N4O2S. The van der Waals surface area contributed by atoms with Gasteiger partial charge in [0.2, 0.25) is 5.91 Å². The second-order valence-electron chi connectivity index (χ2n) is 7.68. The molecule has 7 heteroatoms. The molecule has 32 heavy (non-hydrogen) atoms. The summed E-state index contributed by atoms with van der Waals surface area (Å²) in [6, 6.07) is 16.9. The summed E-state index contributed by atoms with van der Waals surface area (Å²) in [4.78, 5) is 34.7. The molecule has 4 aromatic rings. The number of amides is 1. The molecule has 0 bridgehead atoms. The number of para-hydroxylation sites is 1. The van der Waals surface area contributed by atoms with Gasteiger partial charge in [-0.25, -0.2) is 4.98 Å². The Hall–Kier alpha value is -3.45. The van der Waals surface area contributed by atoms with Crippen LogP contribution in [0.25, 0.3) is 16.6 Å². The van der Waals surface area contributed by atoms with Gasteiger partial charge in [-0.2, -0.15) is 0 Å². The number of carbonyl (C=O) groups excluding carboxylic acids is 1. The summed E-state index contributed by atoms with van der Waals surface area (Å²) in [5.41, 5.74) is 4.50. The lowest BCUT2D eigenvalue weighted by Gasteiger charge is -2.16. The number of rotatable bonds is 6. The fourth-order valence-corrected chi connectivity index (χ4v) is 4.28. The number of hydrogen-bond acceptors (Lipinski definition) is 5. The summed E-state index contributed by atoms with van der Waals surface area (Å²) in [6.45, 7) is 6.09. The lowest BCUT2D eigenvalue weighted by Crippen LogP contribution is -2.29. The van der Waals surface area contributed by atoms with Gasteiger partial charge in [-0.1, -0.05) is 42.1 Å². The van der Waals surface area contributed by atoms with E-state index in [2.05, 4.69) is 41.3 Å². The highest BCUT2D eigenvalue weighted by Gasteiger charge is 2.16. The largest absolute Gasteiger partial charge is 0.349 e. The topological polar surface area (TPSA) is 76.9 Å². The van der Waals surface area contributed by atoms with Crippen LogP contribution in [0.3, 0.4) is 0 Å². The van der Waals surface area contributed by atoms with Crippen molar-refractivity contribution in [3.8, 4) is 5.69 Å². The van der Waals surface area contributed by atoms with Crippen molar-refractivity contribution in [3.63, 3.8) is 0 Å². The second-order valence-corrected chi connectivity index (χ2v) is 8.63. The molecule has 0 saturated heterocycles. The van der Waals surface area contributed by atoms with Gasteiger partial charge in [0, 0.05) is 6.20 Å². The molecule has 0 aliphatic heterocycles. The van der Waals surface area contributed by atoms with Crippen LogP contribution in [0, 0.1) is 13.8 Å². The molecule has 2 heterocycles. The molecule has 0 saturated carbocycles. The highest BCUT2D eigenvalue weighted by molar-refractivity contribution is 7.99. The van der Waals surface area contributed by atoms with E-state index in [1.54, 1.807) is 36.7 Å². The van der Waals surface area contributed by atoms with Gasteiger partial charge in [-0.15, -0.1) is 0 Å². The summed E-state index contributed by atoms with van der Waals surface area (Å²) in [5, 5.41) is 4.01. The lowest BCUT2D eigenvalue weighted by molar-refractivity contribution is -0.119. The minimum atomic E-state index is -0.185. The van der Waals surface area contributed by atoms with Crippen LogP contribution in [0.4, 0.5) is 0 Å². The average Bonchev–Trinajstić information content (AvgIpc) is 2.80. The molecular weight excluding hydrogens is 420 g/mol. The second kappa shape index (κ2) is 9.36. The van der Waals surface area contributed by atoms with Gasteiger partial charge in [0.15, 0.2) is 5.16 Å². The molecule has 1 atom stereocenters. The highest BCUT2D eigenvalue weighted by atomic mass is 32.2. The Morgan fingerprint density at radius 3 is 2.66 bits per heavy atom. The van der Waals surface area contributed by atoms with Crippen molar-refractivity contribution in [2.24, 2.45) is 0 Å². The summed E-state index contributed by atoms with van der Waals surface area (Å²) >= 11 is 1.23. The van der Waals surface area contributed by atoms with E-state index in [1.165, 1.54) is 27.5 Å². The number of pyridine rings is 1. The first kappa shape index (κ1) is 21.8. The summed E-state index contributed by atoms with van der Waals surface area (Å²) < 4.78 is 1.51. The highest BCUT2D eigenvalue weighted by Crippen LogP contribution is 2.22. The molecule has 6 nitrogen and oxygen atoms in total. The first-order valence-electron chi connectivity index (χ1n) is 10.4. The first-order valence-corrected chi connectivity index (χ1v) is 11.3. The van der Waals surface area contributed by atoms with Crippen LogP contribution >= 0.6 is 11.8 Å². The van der Waals surface area contributed by atoms with Gasteiger partial charge in [0.25, 0.3) is 5.56 Å². The maximum Gasteiger partial charge on any atom is 0.266 e. The first-order chi connectivity index (χ1) is 15.4. The van der Waals surface area contributed by atoms with Crippen molar-refractivity contribution in [2.45, 2.75) is 32.0 Å². The normalized spacial score (nSPS) is 12.0.